The molecule has 2 N–H and O–H groups in total. The van der Waals surface area contributed by atoms with E-state index in [-0.39, 0.29) is 22.6 Å². The summed E-state index contributed by atoms with van der Waals surface area (Å²) in [6.07, 6.45) is 1.16. The lowest BCUT2D eigenvalue weighted by Crippen LogP contribution is -2.25. The summed E-state index contributed by atoms with van der Waals surface area (Å²) < 4.78 is 24.4. The van der Waals surface area contributed by atoms with Crippen LogP contribution >= 0.6 is 11.6 Å². The van der Waals surface area contributed by atoms with Gasteiger partial charge in [-0.2, -0.15) is 5.10 Å². The molecule has 0 bridgehead atoms. The summed E-state index contributed by atoms with van der Waals surface area (Å²) in [6, 6.07) is 12.5. The zero-order valence-corrected chi connectivity index (χ0v) is 20.3. The summed E-state index contributed by atoms with van der Waals surface area (Å²) in [5.41, 5.74) is 3.55. The van der Waals surface area contributed by atoms with Crippen molar-refractivity contribution in [1.82, 2.24) is 9.78 Å². The number of carbonyl (C=O) groups excluding carboxylic acids is 2. The van der Waals surface area contributed by atoms with Gasteiger partial charge in [0, 0.05) is 23.2 Å². The molecule has 0 radical (unpaired) electrons. The first-order valence-electron chi connectivity index (χ1n) is 10.1. The minimum Gasteiger partial charge on any atom is -0.323 e. The number of nitrogens with one attached hydrogen (secondary N) is 2. The van der Waals surface area contributed by atoms with E-state index in [4.69, 9.17) is 11.6 Å². The molecule has 1 aromatic heterocycles. The fraction of sp³-hybridized carbons (Fsp3) is 0.261. The highest BCUT2D eigenvalue weighted by Crippen LogP contribution is 2.27. The number of hydrogen-bond donors (Lipinski definition) is 2. The second-order valence-corrected chi connectivity index (χ2v) is 10.5. The first kappa shape index (κ1) is 24.5. The molecule has 0 saturated heterocycles. The monoisotopic (exact) mass is 488 g/mol. The normalized spacial score (nSPS) is 12.3. The Morgan fingerprint density at radius 3 is 2.27 bits per heavy atom. The first-order valence-corrected chi connectivity index (χ1v) is 12.6. The predicted octanol–water partition coefficient (Wildman–Crippen LogP) is 4.15. The van der Waals surface area contributed by atoms with Crippen molar-refractivity contribution in [3.05, 3.63) is 76.1 Å². The average molecular weight is 489 g/mol. The zero-order valence-electron chi connectivity index (χ0n) is 18.7. The number of aryl methyl sites for hydroxylation is 2. The Hall–Kier alpha value is -3.17. The highest BCUT2D eigenvalue weighted by atomic mass is 35.5. The third-order valence-corrected chi connectivity index (χ3v) is 6.09. The number of sulfone groups is 1. The van der Waals surface area contributed by atoms with E-state index < -0.39 is 15.9 Å². The molecule has 8 nitrogen and oxygen atoms in total. The largest absolute Gasteiger partial charge is 0.323 e. The van der Waals surface area contributed by atoms with Crippen LogP contribution in [-0.2, 0) is 20.4 Å². The maximum absolute atomic E-state index is 12.7. The van der Waals surface area contributed by atoms with E-state index >= 15 is 0 Å². The highest BCUT2D eigenvalue weighted by molar-refractivity contribution is 7.89. The van der Waals surface area contributed by atoms with Crippen molar-refractivity contribution in [1.29, 1.82) is 0 Å². The molecule has 3 aromatic rings. The van der Waals surface area contributed by atoms with Gasteiger partial charge in [-0.05, 0) is 62.7 Å². The topological polar surface area (TPSA) is 110 Å². The molecular formula is C23H25ClN4O4S. The van der Waals surface area contributed by atoms with Gasteiger partial charge in [-0.1, -0.05) is 23.7 Å². The van der Waals surface area contributed by atoms with Crippen molar-refractivity contribution in [3.63, 3.8) is 0 Å². The van der Waals surface area contributed by atoms with E-state index in [0.29, 0.717) is 22.5 Å². The van der Waals surface area contributed by atoms with Gasteiger partial charge in [0.1, 0.15) is 6.04 Å². The summed E-state index contributed by atoms with van der Waals surface area (Å²) in [4.78, 5) is 25.2. The number of halogens is 1. The van der Waals surface area contributed by atoms with Gasteiger partial charge in [-0.25, -0.2) is 8.42 Å². The lowest BCUT2D eigenvalue weighted by molar-refractivity contribution is -0.119. The number of nitrogens with zero attached hydrogens (tertiary/aromatic N) is 2. The fourth-order valence-electron chi connectivity index (χ4n) is 3.34. The molecular weight excluding hydrogens is 464 g/mol. The maximum atomic E-state index is 12.7. The molecule has 0 saturated carbocycles. The molecule has 3 rings (SSSR count). The van der Waals surface area contributed by atoms with Gasteiger partial charge >= 0.3 is 0 Å². The minimum absolute atomic E-state index is 0.0874. The third-order valence-electron chi connectivity index (χ3n) is 4.92. The van der Waals surface area contributed by atoms with Gasteiger partial charge in [-0.3, -0.25) is 14.3 Å². The van der Waals surface area contributed by atoms with Gasteiger partial charge in [0.05, 0.1) is 22.2 Å². The summed E-state index contributed by atoms with van der Waals surface area (Å²) in [6.45, 7) is 5.49. The zero-order chi connectivity index (χ0) is 24.3. The summed E-state index contributed by atoms with van der Waals surface area (Å²) in [5.74, 6) is -0.725. The second-order valence-electron chi connectivity index (χ2n) is 7.95. The van der Waals surface area contributed by atoms with Crippen LogP contribution in [0.3, 0.4) is 0 Å². The van der Waals surface area contributed by atoms with Crippen LogP contribution in [0, 0.1) is 13.8 Å². The van der Waals surface area contributed by atoms with E-state index in [0.717, 1.165) is 17.6 Å². The molecule has 174 valence electrons. The van der Waals surface area contributed by atoms with Crippen molar-refractivity contribution in [3.8, 4) is 0 Å². The Morgan fingerprint density at radius 1 is 1.06 bits per heavy atom. The molecule has 0 fully saturated rings. The van der Waals surface area contributed by atoms with Gasteiger partial charge in [0.25, 0.3) is 5.91 Å². The summed E-state index contributed by atoms with van der Waals surface area (Å²) in [5, 5.41) is 10.1. The lowest BCUT2D eigenvalue weighted by atomic mass is 10.1. The maximum Gasteiger partial charge on any atom is 0.255 e. The molecule has 0 aliphatic rings. The number of carbonyl (C=O) groups is 2. The van der Waals surface area contributed by atoms with Crippen LogP contribution in [0.25, 0.3) is 0 Å². The molecule has 2 amide bonds. The number of rotatable bonds is 7. The molecule has 1 atom stereocenters. The van der Waals surface area contributed by atoms with E-state index in [2.05, 4.69) is 15.7 Å². The fourth-order valence-corrected chi connectivity index (χ4v) is 4.36. The van der Waals surface area contributed by atoms with Crippen molar-refractivity contribution < 1.29 is 18.0 Å². The number of hydrogen-bond acceptors (Lipinski definition) is 5. The molecule has 0 aliphatic carbocycles. The van der Waals surface area contributed by atoms with Crippen molar-refractivity contribution in [2.75, 3.05) is 16.9 Å². The van der Waals surface area contributed by atoms with Crippen molar-refractivity contribution >= 4 is 44.6 Å². The molecule has 2 aromatic carbocycles. The highest BCUT2D eigenvalue weighted by Gasteiger charge is 2.19. The van der Waals surface area contributed by atoms with E-state index in [1.165, 1.54) is 0 Å². The average Bonchev–Trinajstić information content (AvgIpc) is 3.06. The summed E-state index contributed by atoms with van der Waals surface area (Å²) >= 11 is 6.33. The molecule has 1 heterocycles. The number of aromatic nitrogens is 2. The van der Waals surface area contributed by atoms with Crippen LogP contribution in [-0.4, -0.2) is 36.3 Å². The standard InChI is InChI=1S/C23H25ClN4O4S/c1-14-11-15(2)28(27-14)16(3)22(29)26-21-10-9-19(12-20(21)24)25-23(30)18-7-5-17(6-8-18)13-33(4,31)32/h5-12,16H,13H2,1-4H3,(H,25,30)(H,26,29). The van der Waals surface area contributed by atoms with Crippen LogP contribution in [0.4, 0.5) is 11.4 Å². The van der Waals surface area contributed by atoms with Crippen molar-refractivity contribution in [2.24, 2.45) is 0 Å². The van der Waals surface area contributed by atoms with Crippen LogP contribution in [0.1, 0.15) is 40.3 Å². The quantitative estimate of drug-likeness (QED) is 0.519. The van der Waals surface area contributed by atoms with E-state index in [1.54, 1.807) is 54.1 Å². The van der Waals surface area contributed by atoms with Crippen LogP contribution in [0.15, 0.2) is 48.5 Å². The third kappa shape index (κ3) is 6.43. The Bertz CT molecular complexity index is 1300. The van der Waals surface area contributed by atoms with E-state index in [1.807, 2.05) is 19.9 Å². The Kier molecular flexibility index (Phi) is 7.24. The molecule has 10 heteroatoms. The van der Waals surface area contributed by atoms with Gasteiger partial charge in [0.2, 0.25) is 5.91 Å². The molecule has 1 unspecified atom stereocenters. The SMILES string of the molecule is Cc1cc(C)n(C(C)C(=O)Nc2ccc(NC(=O)c3ccc(CS(C)(=O)=O)cc3)cc2Cl)n1. The Labute approximate surface area is 197 Å². The molecule has 0 spiro atoms. The Balaban J connectivity index is 1.66. The lowest BCUT2D eigenvalue weighted by Gasteiger charge is -2.16. The number of amides is 2. The van der Waals surface area contributed by atoms with Crippen LogP contribution in [0.2, 0.25) is 5.02 Å². The first-order chi connectivity index (χ1) is 15.4. The summed E-state index contributed by atoms with van der Waals surface area (Å²) in [7, 11) is -3.15. The van der Waals surface area contributed by atoms with Crippen LogP contribution < -0.4 is 10.6 Å². The minimum atomic E-state index is -3.15. The molecule has 33 heavy (non-hydrogen) atoms. The smallest absolute Gasteiger partial charge is 0.255 e. The van der Waals surface area contributed by atoms with Crippen LogP contribution in [0.5, 0.6) is 0 Å². The number of benzene rings is 2. The Morgan fingerprint density at radius 2 is 1.73 bits per heavy atom. The van der Waals surface area contributed by atoms with Gasteiger partial charge < -0.3 is 10.6 Å². The van der Waals surface area contributed by atoms with Gasteiger partial charge in [-0.15, -0.1) is 0 Å². The predicted molar refractivity (Wildman–Crippen MR) is 129 cm³/mol. The van der Waals surface area contributed by atoms with Gasteiger partial charge in [0.15, 0.2) is 9.84 Å². The second kappa shape index (κ2) is 9.76. The number of anilines is 2. The molecule has 0 aliphatic heterocycles. The van der Waals surface area contributed by atoms with E-state index in [9.17, 15) is 18.0 Å². The van der Waals surface area contributed by atoms with Crippen molar-refractivity contribution in [2.45, 2.75) is 32.6 Å².